The molecule has 0 aromatic heterocycles. The summed E-state index contributed by atoms with van der Waals surface area (Å²) in [5.74, 6) is 2.73. The molecule has 0 radical (unpaired) electrons. The van der Waals surface area contributed by atoms with Crippen LogP contribution in [0.4, 0.5) is 0 Å². The highest BCUT2D eigenvalue weighted by Gasteiger charge is 2.41. The fraction of sp³-hybridized carbons (Fsp3) is 0.929. The first-order valence-corrected chi connectivity index (χ1v) is 7.32. The predicted molar refractivity (Wildman–Crippen MR) is 69.2 cm³/mol. The van der Waals surface area contributed by atoms with Crippen molar-refractivity contribution in [3.05, 3.63) is 0 Å². The Hall–Kier alpha value is -0.610. The van der Waals surface area contributed by atoms with E-state index in [0.717, 1.165) is 37.3 Å². The number of nitrogens with one attached hydrogen (secondary N) is 2. The van der Waals surface area contributed by atoms with E-state index in [4.69, 9.17) is 4.74 Å². The van der Waals surface area contributed by atoms with Crippen LogP contribution in [-0.4, -0.2) is 38.3 Å². The zero-order valence-electron chi connectivity index (χ0n) is 11.2. The highest BCUT2D eigenvalue weighted by molar-refractivity contribution is 5.82. The Kier molecular flexibility index (Phi) is 3.57. The number of carbonyl (C=O) groups is 1. The molecule has 4 heteroatoms. The molecule has 2 saturated carbocycles. The van der Waals surface area contributed by atoms with E-state index in [2.05, 4.69) is 10.6 Å². The Morgan fingerprint density at radius 2 is 2.00 bits per heavy atom. The number of amides is 1. The lowest BCUT2D eigenvalue weighted by Crippen LogP contribution is -2.42. The lowest BCUT2D eigenvalue weighted by molar-refractivity contribution is -0.123. The molecule has 3 fully saturated rings. The Labute approximate surface area is 109 Å². The Bertz CT molecular complexity index is 301. The summed E-state index contributed by atoms with van der Waals surface area (Å²) in [5.41, 5.74) is 0. The van der Waals surface area contributed by atoms with Gasteiger partial charge in [-0.05, 0) is 49.9 Å². The minimum absolute atomic E-state index is 0.0472. The molecule has 1 amide bonds. The summed E-state index contributed by atoms with van der Waals surface area (Å²) in [6, 6.07) is -0.0472. The van der Waals surface area contributed by atoms with Gasteiger partial charge in [0.1, 0.15) is 0 Å². The number of hydrogen-bond acceptors (Lipinski definition) is 3. The maximum Gasteiger partial charge on any atom is 0.237 e. The summed E-state index contributed by atoms with van der Waals surface area (Å²) in [7, 11) is 1.71. The number of carbonyl (C=O) groups excluding carboxylic acids is 1. The minimum atomic E-state index is -0.0472. The number of methoxy groups -OCH3 is 1. The third-order valence-corrected chi connectivity index (χ3v) is 4.71. The SMILES string of the molecule is COC1CNC(C(=O)NCC(C2CC2)C2CC2)C1. The smallest absolute Gasteiger partial charge is 0.237 e. The van der Waals surface area contributed by atoms with Gasteiger partial charge in [0.25, 0.3) is 0 Å². The maximum absolute atomic E-state index is 12.1. The zero-order chi connectivity index (χ0) is 12.5. The zero-order valence-corrected chi connectivity index (χ0v) is 11.2. The first-order valence-electron chi connectivity index (χ1n) is 7.32. The standard InChI is InChI=1S/C14H24N2O2/c1-18-11-6-13(15-7-11)14(17)16-8-12(9-2-3-9)10-4-5-10/h9-13,15H,2-8H2,1H3,(H,16,17). The minimum Gasteiger partial charge on any atom is -0.380 e. The molecule has 4 nitrogen and oxygen atoms in total. The van der Waals surface area contributed by atoms with Crippen LogP contribution in [0.3, 0.4) is 0 Å². The molecular weight excluding hydrogens is 228 g/mol. The van der Waals surface area contributed by atoms with Crippen molar-refractivity contribution in [2.45, 2.75) is 44.2 Å². The molecule has 0 aromatic rings. The quantitative estimate of drug-likeness (QED) is 0.739. The van der Waals surface area contributed by atoms with Gasteiger partial charge >= 0.3 is 0 Å². The summed E-state index contributed by atoms with van der Waals surface area (Å²) in [6.07, 6.45) is 6.52. The number of rotatable bonds is 6. The van der Waals surface area contributed by atoms with Crippen LogP contribution in [0.25, 0.3) is 0 Å². The van der Waals surface area contributed by atoms with Gasteiger partial charge in [-0.25, -0.2) is 0 Å². The largest absolute Gasteiger partial charge is 0.380 e. The Morgan fingerprint density at radius 1 is 1.33 bits per heavy atom. The summed E-state index contributed by atoms with van der Waals surface area (Å²) >= 11 is 0. The Balaban J connectivity index is 1.43. The van der Waals surface area contributed by atoms with E-state index >= 15 is 0 Å². The molecule has 1 saturated heterocycles. The molecule has 0 spiro atoms. The van der Waals surface area contributed by atoms with E-state index in [0.29, 0.717) is 0 Å². The van der Waals surface area contributed by atoms with Gasteiger partial charge in [-0.15, -0.1) is 0 Å². The van der Waals surface area contributed by atoms with Gasteiger partial charge in [0.15, 0.2) is 0 Å². The fourth-order valence-electron chi connectivity index (χ4n) is 3.19. The molecular formula is C14H24N2O2. The Morgan fingerprint density at radius 3 is 2.50 bits per heavy atom. The lowest BCUT2D eigenvalue weighted by Gasteiger charge is -2.18. The molecule has 3 aliphatic rings. The van der Waals surface area contributed by atoms with E-state index in [1.807, 2.05) is 0 Å². The second kappa shape index (κ2) is 5.17. The van der Waals surface area contributed by atoms with E-state index in [-0.39, 0.29) is 18.1 Å². The van der Waals surface area contributed by atoms with Crippen molar-refractivity contribution in [1.82, 2.24) is 10.6 Å². The molecule has 3 rings (SSSR count). The molecule has 2 aliphatic carbocycles. The molecule has 102 valence electrons. The van der Waals surface area contributed by atoms with E-state index in [1.165, 1.54) is 25.7 Å². The number of hydrogen-bond donors (Lipinski definition) is 2. The average molecular weight is 252 g/mol. The van der Waals surface area contributed by atoms with Crippen LogP contribution >= 0.6 is 0 Å². The fourth-order valence-corrected chi connectivity index (χ4v) is 3.19. The van der Waals surface area contributed by atoms with E-state index < -0.39 is 0 Å². The second-order valence-electron chi connectivity index (χ2n) is 6.14. The highest BCUT2D eigenvalue weighted by Crippen LogP contribution is 2.48. The van der Waals surface area contributed by atoms with Gasteiger partial charge < -0.3 is 15.4 Å². The molecule has 18 heavy (non-hydrogen) atoms. The summed E-state index contributed by atoms with van der Waals surface area (Å²) in [6.45, 7) is 1.69. The van der Waals surface area contributed by atoms with Crippen molar-refractivity contribution < 1.29 is 9.53 Å². The van der Waals surface area contributed by atoms with Crippen molar-refractivity contribution in [2.75, 3.05) is 20.2 Å². The van der Waals surface area contributed by atoms with Crippen molar-refractivity contribution >= 4 is 5.91 Å². The van der Waals surface area contributed by atoms with Crippen molar-refractivity contribution in [3.8, 4) is 0 Å². The van der Waals surface area contributed by atoms with Crippen LogP contribution in [0.15, 0.2) is 0 Å². The molecule has 0 bridgehead atoms. The summed E-state index contributed by atoms with van der Waals surface area (Å²) in [5, 5.41) is 6.39. The van der Waals surface area contributed by atoms with Gasteiger partial charge in [0, 0.05) is 20.2 Å². The molecule has 0 aromatic carbocycles. The van der Waals surface area contributed by atoms with Crippen LogP contribution in [0.5, 0.6) is 0 Å². The lowest BCUT2D eigenvalue weighted by atomic mass is 9.98. The average Bonchev–Trinajstić information content (AvgIpc) is 3.30. The predicted octanol–water partition coefficient (Wildman–Crippen LogP) is 0.916. The van der Waals surface area contributed by atoms with Crippen LogP contribution in [0.1, 0.15) is 32.1 Å². The summed E-state index contributed by atoms with van der Waals surface area (Å²) in [4.78, 5) is 12.1. The van der Waals surface area contributed by atoms with E-state index in [1.54, 1.807) is 7.11 Å². The monoisotopic (exact) mass is 252 g/mol. The normalized spacial score (nSPS) is 31.9. The van der Waals surface area contributed by atoms with Crippen LogP contribution < -0.4 is 10.6 Å². The van der Waals surface area contributed by atoms with Crippen molar-refractivity contribution in [2.24, 2.45) is 17.8 Å². The van der Waals surface area contributed by atoms with Gasteiger partial charge in [0.2, 0.25) is 5.91 Å². The van der Waals surface area contributed by atoms with Crippen molar-refractivity contribution in [3.63, 3.8) is 0 Å². The molecule has 2 unspecified atom stereocenters. The van der Waals surface area contributed by atoms with Crippen LogP contribution in [0.2, 0.25) is 0 Å². The topological polar surface area (TPSA) is 50.4 Å². The van der Waals surface area contributed by atoms with Gasteiger partial charge in [-0.2, -0.15) is 0 Å². The van der Waals surface area contributed by atoms with Crippen molar-refractivity contribution in [1.29, 1.82) is 0 Å². The van der Waals surface area contributed by atoms with Gasteiger partial charge in [-0.1, -0.05) is 0 Å². The first-order chi connectivity index (χ1) is 8.78. The third-order valence-electron chi connectivity index (χ3n) is 4.71. The molecule has 1 heterocycles. The summed E-state index contributed by atoms with van der Waals surface area (Å²) < 4.78 is 5.27. The maximum atomic E-state index is 12.1. The molecule has 2 N–H and O–H groups in total. The van der Waals surface area contributed by atoms with Gasteiger partial charge in [0.05, 0.1) is 12.1 Å². The second-order valence-corrected chi connectivity index (χ2v) is 6.14. The molecule has 1 aliphatic heterocycles. The van der Waals surface area contributed by atoms with Gasteiger partial charge in [-0.3, -0.25) is 4.79 Å². The first kappa shape index (κ1) is 12.4. The molecule has 2 atom stereocenters. The highest BCUT2D eigenvalue weighted by atomic mass is 16.5. The van der Waals surface area contributed by atoms with E-state index in [9.17, 15) is 4.79 Å². The van der Waals surface area contributed by atoms with Crippen LogP contribution in [0, 0.1) is 17.8 Å². The third kappa shape index (κ3) is 2.86. The van der Waals surface area contributed by atoms with Crippen LogP contribution in [-0.2, 0) is 9.53 Å². The number of ether oxygens (including phenoxy) is 1.